The predicted molar refractivity (Wildman–Crippen MR) is 122 cm³/mol. The number of benzene rings is 2. The van der Waals surface area contributed by atoms with Gasteiger partial charge in [0.1, 0.15) is 5.76 Å². The van der Waals surface area contributed by atoms with Gasteiger partial charge in [0.2, 0.25) is 0 Å². The molecule has 1 heterocycles. The van der Waals surface area contributed by atoms with Crippen molar-refractivity contribution in [3.05, 3.63) is 81.2 Å². The molecule has 1 aliphatic carbocycles. The lowest BCUT2D eigenvalue weighted by Crippen LogP contribution is -2.25. The number of halogens is 1. The maximum Gasteiger partial charge on any atom is 0.337 e. The summed E-state index contributed by atoms with van der Waals surface area (Å²) in [7, 11) is 1.27. The zero-order valence-corrected chi connectivity index (χ0v) is 18.7. The lowest BCUT2D eigenvalue weighted by molar-refractivity contribution is 0.0600. The Hall–Kier alpha value is -3.65. The van der Waals surface area contributed by atoms with E-state index in [-0.39, 0.29) is 18.0 Å². The Balaban J connectivity index is 1.53. The molecule has 3 aromatic rings. The fourth-order valence-electron chi connectivity index (χ4n) is 3.77. The van der Waals surface area contributed by atoms with Gasteiger partial charge in [-0.3, -0.25) is 9.59 Å². The van der Waals surface area contributed by atoms with E-state index >= 15 is 0 Å². The van der Waals surface area contributed by atoms with Crippen LogP contribution in [0.25, 0.3) is 0 Å². The molecule has 0 unspecified atom stereocenters. The fraction of sp³-hybridized carbons (Fsp3) is 0.250. The summed E-state index contributed by atoms with van der Waals surface area (Å²) in [5.41, 5.74) is 2.64. The van der Waals surface area contributed by atoms with E-state index in [0.717, 1.165) is 37.0 Å². The first-order valence-corrected chi connectivity index (χ1v) is 10.9. The van der Waals surface area contributed by atoms with Gasteiger partial charge in [0.15, 0.2) is 5.69 Å². The number of methoxy groups -OCH3 is 1. The summed E-state index contributed by atoms with van der Waals surface area (Å²) >= 11 is 6.11. The van der Waals surface area contributed by atoms with Crippen molar-refractivity contribution in [3.8, 4) is 0 Å². The highest BCUT2D eigenvalue weighted by atomic mass is 35.5. The SMILES string of the molecule is COC(=O)c1cc(CNC(=O)c2noc3c2CCCC3)cc(NC(=O)c2ccccc2Cl)c1. The Morgan fingerprint density at radius 2 is 1.88 bits per heavy atom. The molecule has 4 rings (SSSR count). The van der Waals surface area contributed by atoms with Gasteiger partial charge in [-0.25, -0.2) is 4.79 Å². The molecule has 33 heavy (non-hydrogen) atoms. The van der Waals surface area contributed by atoms with Crippen LogP contribution >= 0.6 is 11.6 Å². The van der Waals surface area contributed by atoms with Crippen molar-refractivity contribution in [1.29, 1.82) is 0 Å². The minimum absolute atomic E-state index is 0.111. The number of hydrogen-bond donors (Lipinski definition) is 2. The molecule has 9 heteroatoms. The maximum absolute atomic E-state index is 12.7. The quantitative estimate of drug-likeness (QED) is 0.526. The van der Waals surface area contributed by atoms with Gasteiger partial charge in [0.05, 0.1) is 23.3 Å². The molecule has 0 radical (unpaired) electrons. The fourth-order valence-corrected chi connectivity index (χ4v) is 4.00. The second-order valence-corrected chi connectivity index (χ2v) is 8.07. The summed E-state index contributed by atoms with van der Waals surface area (Å²) in [5.74, 6) is -0.579. The van der Waals surface area contributed by atoms with Gasteiger partial charge in [0.25, 0.3) is 11.8 Å². The van der Waals surface area contributed by atoms with Crippen molar-refractivity contribution in [2.45, 2.75) is 32.2 Å². The van der Waals surface area contributed by atoms with Crippen LogP contribution < -0.4 is 10.6 Å². The average molecular weight is 468 g/mol. The molecular formula is C24H22ClN3O5. The molecular weight excluding hydrogens is 446 g/mol. The van der Waals surface area contributed by atoms with E-state index in [4.69, 9.17) is 20.9 Å². The summed E-state index contributed by atoms with van der Waals surface area (Å²) < 4.78 is 10.1. The molecule has 8 nitrogen and oxygen atoms in total. The number of hydrogen-bond acceptors (Lipinski definition) is 6. The second-order valence-electron chi connectivity index (χ2n) is 7.67. The number of rotatable bonds is 6. The van der Waals surface area contributed by atoms with E-state index in [2.05, 4.69) is 15.8 Å². The van der Waals surface area contributed by atoms with Gasteiger partial charge in [0, 0.05) is 24.2 Å². The van der Waals surface area contributed by atoms with Crippen LogP contribution in [0.4, 0.5) is 5.69 Å². The van der Waals surface area contributed by atoms with Gasteiger partial charge >= 0.3 is 5.97 Å². The number of amides is 2. The summed E-state index contributed by atoms with van der Waals surface area (Å²) in [6.07, 6.45) is 3.55. The van der Waals surface area contributed by atoms with Crippen LogP contribution in [-0.2, 0) is 24.1 Å². The van der Waals surface area contributed by atoms with E-state index in [1.807, 2.05) is 0 Å². The van der Waals surface area contributed by atoms with Crippen LogP contribution in [0.2, 0.25) is 5.02 Å². The standard InChI is InChI=1S/C24H22ClN3O5/c1-32-24(31)15-10-14(11-16(12-15)27-22(29)17-6-2-4-8-19(17)25)13-26-23(30)21-18-7-3-5-9-20(18)33-28-21/h2,4,6,8,10-12H,3,5,7,9,13H2,1H3,(H,26,30)(H,27,29). The number of aromatic nitrogens is 1. The number of fused-ring (bicyclic) bond motifs is 1. The minimum atomic E-state index is -0.568. The third-order valence-corrected chi connectivity index (χ3v) is 5.74. The molecule has 0 saturated heterocycles. The van der Waals surface area contributed by atoms with E-state index in [1.165, 1.54) is 13.2 Å². The van der Waals surface area contributed by atoms with E-state index in [1.54, 1.807) is 36.4 Å². The van der Waals surface area contributed by atoms with E-state index in [9.17, 15) is 14.4 Å². The lowest BCUT2D eigenvalue weighted by atomic mass is 9.96. The molecule has 0 bridgehead atoms. The van der Waals surface area contributed by atoms with E-state index in [0.29, 0.717) is 27.5 Å². The molecule has 0 spiro atoms. The average Bonchev–Trinajstić information content (AvgIpc) is 3.26. The van der Waals surface area contributed by atoms with Crippen molar-refractivity contribution < 1.29 is 23.6 Å². The van der Waals surface area contributed by atoms with Crippen LogP contribution in [0.5, 0.6) is 0 Å². The normalized spacial score (nSPS) is 12.5. The van der Waals surface area contributed by atoms with Crippen molar-refractivity contribution in [3.63, 3.8) is 0 Å². The number of carbonyl (C=O) groups excluding carboxylic acids is 3. The Labute approximate surface area is 195 Å². The Kier molecular flexibility index (Phi) is 6.74. The molecule has 0 fully saturated rings. The largest absolute Gasteiger partial charge is 0.465 e. The molecule has 0 atom stereocenters. The van der Waals surface area contributed by atoms with Crippen LogP contribution in [-0.4, -0.2) is 30.1 Å². The molecule has 2 N–H and O–H groups in total. The second kappa shape index (κ2) is 9.87. The van der Waals surface area contributed by atoms with Gasteiger partial charge in [-0.15, -0.1) is 0 Å². The zero-order valence-electron chi connectivity index (χ0n) is 17.9. The first-order chi connectivity index (χ1) is 16.0. The van der Waals surface area contributed by atoms with Gasteiger partial charge in [-0.05, 0) is 55.2 Å². The first kappa shape index (κ1) is 22.5. The molecule has 2 aromatic carbocycles. The molecule has 1 aliphatic rings. The highest BCUT2D eigenvalue weighted by Gasteiger charge is 2.24. The zero-order chi connectivity index (χ0) is 23.4. The Bertz CT molecular complexity index is 1220. The summed E-state index contributed by atoms with van der Waals surface area (Å²) in [6.45, 7) is 0.111. The third kappa shape index (κ3) is 5.06. The van der Waals surface area contributed by atoms with Crippen LogP contribution in [0, 0.1) is 0 Å². The first-order valence-electron chi connectivity index (χ1n) is 10.5. The number of aryl methyl sites for hydroxylation is 1. The number of nitrogens with zero attached hydrogens (tertiary/aromatic N) is 1. The minimum Gasteiger partial charge on any atom is -0.465 e. The molecule has 2 amide bonds. The van der Waals surface area contributed by atoms with Crippen LogP contribution in [0.3, 0.4) is 0 Å². The monoisotopic (exact) mass is 467 g/mol. The van der Waals surface area contributed by atoms with Crippen LogP contribution in [0.15, 0.2) is 47.0 Å². The number of nitrogens with one attached hydrogen (secondary N) is 2. The van der Waals surface area contributed by atoms with Gasteiger partial charge in [-0.1, -0.05) is 28.9 Å². The topological polar surface area (TPSA) is 111 Å². The van der Waals surface area contributed by atoms with Gasteiger partial charge < -0.3 is 19.9 Å². The molecule has 1 aromatic heterocycles. The van der Waals surface area contributed by atoms with Gasteiger partial charge in [-0.2, -0.15) is 0 Å². The van der Waals surface area contributed by atoms with Crippen molar-refractivity contribution in [2.75, 3.05) is 12.4 Å². The maximum atomic E-state index is 12.7. The number of ether oxygens (including phenoxy) is 1. The third-order valence-electron chi connectivity index (χ3n) is 5.41. The highest BCUT2D eigenvalue weighted by Crippen LogP contribution is 2.24. The summed E-state index contributed by atoms with van der Waals surface area (Å²) in [4.78, 5) is 37.5. The Morgan fingerprint density at radius 1 is 1.09 bits per heavy atom. The smallest absolute Gasteiger partial charge is 0.337 e. The molecule has 0 saturated carbocycles. The van der Waals surface area contributed by atoms with Crippen LogP contribution in [0.1, 0.15) is 60.9 Å². The number of carbonyl (C=O) groups is 3. The van der Waals surface area contributed by atoms with Crippen molar-refractivity contribution in [1.82, 2.24) is 10.5 Å². The Morgan fingerprint density at radius 3 is 2.67 bits per heavy atom. The number of esters is 1. The predicted octanol–water partition coefficient (Wildman–Crippen LogP) is 4.18. The highest BCUT2D eigenvalue weighted by molar-refractivity contribution is 6.34. The molecule has 170 valence electrons. The van der Waals surface area contributed by atoms with Crippen molar-refractivity contribution in [2.24, 2.45) is 0 Å². The van der Waals surface area contributed by atoms with Crippen molar-refractivity contribution >= 4 is 35.1 Å². The summed E-state index contributed by atoms with van der Waals surface area (Å²) in [6, 6.07) is 11.4. The van der Waals surface area contributed by atoms with E-state index < -0.39 is 11.9 Å². The molecule has 0 aliphatic heterocycles. The number of anilines is 1. The summed E-state index contributed by atoms with van der Waals surface area (Å²) in [5, 5.41) is 9.80. The lowest BCUT2D eigenvalue weighted by Gasteiger charge is -2.12.